The Bertz CT molecular complexity index is 1290. The maximum absolute atomic E-state index is 13.0. The fraction of sp³-hybridized carbons (Fsp3) is 0.333. The predicted octanol–water partition coefficient (Wildman–Crippen LogP) is 1.96. The number of sulfone groups is 1. The summed E-state index contributed by atoms with van der Waals surface area (Å²) in [4.78, 5) is 25.1. The number of rotatable bonds is 9. The minimum absolute atomic E-state index is 0.0259. The smallest absolute Gasteiger partial charge is 0.258 e. The lowest BCUT2D eigenvalue weighted by atomic mass is 10.00. The Labute approximate surface area is 186 Å². The van der Waals surface area contributed by atoms with Crippen molar-refractivity contribution >= 4 is 26.4 Å². The van der Waals surface area contributed by atoms with Crippen LogP contribution in [0.3, 0.4) is 0 Å². The summed E-state index contributed by atoms with van der Waals surface area (Å²) in [5.41, 5.74) is 2.70. The topological polar surface area (TPSA) is 114 Å². The SMILES string of the molecule is C[C@@](CCn1ccc2cc(-c3ccc(CCO)cc3)ccc2c1=O)(C(=O)CO)S(C)(=O)=O. The first-order valence-electron chi connectivity index (χ1n) is 10.3. The minimum Gasteiger partial charge on any atom is -0.396 e. The molecule has 32 heavy (non-hydrogen) atoms. The molecule has 3 aromatic rings. The summed E-state index contributed by atoms with van der Waals surface area (Å²) in [7, 11) is -3.78. The average Bonchev–Trinajstić information content (AvgIpc) is 2.77. The molecule has 0 aliphatic carbocycles. The van der Waals surface area contributed by atoms with Crippen LogP contribution >= 0.6 is 0 Å². The molecule has 7 nitrogen and oxygen atoms in total. The van der Waals surface area contributed by atoms with Crippen LogP contribution in [0.25, 0.3) is 21.9 Å². The first kappa shape index (κ1) is 23.8. The minimum atomic E-state index is -3.78. The number of benzene rings is 2. The van der Waals surface area contributed by atoms with E-state index < -0.39 is 27.0 Å². The van der Waals surface area contributed by atoms with Gasteiger partial charge in [0.05, 0.1) is 0 Å². The lowest BCUT2D eigenvalue weighted by Crippen LogP contribution is -2.46. The molecular weight excluding hydrogens is 430 g/mol. The van der Waals surface area contributed by atoms with Gasteiger partial charge in [0.25, 0.3) is 5.56 Å². The number of hydrogen-bond acceptors (Lipinski definition) is 6. The van der Waals surface area contributed by atoms with Gasteiger partial charge in [-0.15, -0.1) is 0 Å². The summed E-state index contributed by atoms with van der Waals surface area (Å²) in [6.07, 6.45) is 3.03. The van der Waals surface area contributed by atoms with Crippen molar-refractivity contribution in [1.82, 2.24) is 4.57 Å². The van der Waals surface area contributed by atoms with Crippen LogP contribution < -0.4 is 5.56 Å². The molecule has 2 N–H and O–H groups in total. The molecule has 1 heterocycles. The highest BCUT2D eigenvalue weighted by Crippen LogP contribution is 2.25. The largest absolute Gasteiger partial charge is 0.396 e. The summed E-state index contributed by atoms with van der Waals surface area (Å²) < 4.78 is 24.0. The first-order chi connectivity index (χ1) is 15.1. The van der Waals surface area contributed by atoms with Crippen LogP contribution in [-0.2, 0) is 27.6 Å². The third-order valence-electron chi connectivity index (χ3n) is 6.05. The summed E-state index contributed by atoms with van der Waals surface area (Å²) in [5, 5.41) is 19.5. The molecule has 0 aliphatic rings. The number of fused-ring (bicyclic) bond motifs is 1. The van der Waals surface area contributed by atoms with E-state index in [-0.39, 0.29) is 25.1 Å². The van der Waals surface area contributed by atoms with Gasteiger partial charge >= 0.3 is 0 Å². The number of aromatic nitrogens is 1. The van der Waals surface area contributed by atoms with Gasteiger partial charge in [-0.25, -0.2) is 8.42 Å². The van der Waals surface area contributed by atoms with Gasteiger partial charge in [0.15, 0.2) is 15.6 Å². The van der Waals surface area contributed by atoms with Gasteiger partial charge in [0.2, 0.25) is 0 Å². The second-order valence-corrected chi connectivity index (χ2v) is 10.6. The van der Waals surface area contributed by atoms with Crippen molar-refractivity contribution in [1.29, 1.82) is 0 Å². The molecule has 0 radical (unpaired) electrons. The van der Waals surface area contributed by atoms with E-state index in [4.69, 9.17) is 5.11 Å². The number of carbonyl (C=O) groups excluding carboxylic acids is 1. The Kier molecular flexibility index (Phi) is 6.97. The maximum atomic E-state index is 13.0. The van der Waals surface area contributed by atoms with Gasteiger partial charge in [-0.3, -0.25) is 9.59 Å². The van der Waals surface area contributed by atoms with E-state index in [9.17, 15) is 23.1 Å². The monoisotopic (exact) mass is 457 g/mol. The molecular formula is C24H27NO6S. The molecule has 8 heteroatoms. The Morgan fingerprint density at radius 2 is 1.69 bits per heavy atom. The number of aryl methyl sites for hydroxylation is 1. The second-order valence-electron chi connectivity index (χ2n) is 8.12. The van der Waals surface area contributed by atoms with Crippen molar-refractivity contribution in [2.24, 2.45) is 0 Å². The lowest BCUT2D eigenvalue weighted by molar-refractivity contribution is -0.124. The lowest BCUT2D eigenvalue weighted by Gasteiger charge is -2.25. The molecule has 3 rings (SSSR count). The Morgan fingerprint density at radius 1 is 1.03 bits per heavy atom. The van der Waals surface area contributed by atoms with E-state index in [1.165, 1.54) is 11.5 Å². The molecule has 0 unspecified atom stereocenters. The zero-order valence-corrected chi connectivity index (χ0v) is 18.9. The van der Waals surface area contributed by atoms with Crippen molar-refractivity contribution in [2.75, 3.05) is 19.5 Å². The maximum Gasteiger partial charge on any atom is 0.258 e. The summed E-state index contributed by atoms with van der Waals surface area (Å²) >= 11 is 0. The molecule has 0 fully saturated rings. The van der Waals surface area contributed by atoms with Crippen molar-refractivity contribution < 1.29 is 23.4 Å². The van der Waals surface area contributed by atoms with Crippen LogP contribution in [0.5, 0.6) is 0 Å². The van der Waals surface area contributed by atoms with Crippen LogP contribution in [0.15, 0.2) is 59.5 Å². The number of pyridine rings is 1. The van der Waals surface area contributed by atoms with Gasteiger partial charge in [-0.2, -0.15) is 0 Å². The number of ketones is 1. The van der Waals surface area contributed by atoms with E-state index in [0.29, 0.717) is 11.8 Å². The number of aliphatic hydroxyl groups excluding tert-OH is 2. The van der Waals surface area contributed by atoms with Crippen molar-refractivity contribution in [2.45, 2.75) is 31.1 Å². The molecule has 0 saturated carbocycles. The molecule has 0 spiro atoms. The Morgan fingerprint density at radius 3 is 2.28 bits per heavy atom. The van der Waals surface area contributed by atoms with E-state index in [0.717, 1.165) is 28.3 Å². The quantitative estimate of drug-likeness (QED) is 0.508. The van der Waals surface area contributed by atoms with Crippen LogP contribution in [-0.4, -0.2) is 53.2 Å². The fourth-order valence-electron chi connectivity index (χ4n) is 3.67. The predicted molar refractivity (Wildman–Crippen MR) is 124 cm³/mol. The fourth-order valence-corrected chi connectivity index (χ4v) is 4.61. The van der Waals surface area contributed by atoms with Crippen LogP contribution in [0.1, 0.15) is 18.9 Å². The van der Waals surface area contributed by atoms with Gasteiger partial charge in [0.1, 0.15) is 11.4 Å². The molecule has 0 aliphatic heterocycles. The number of hydrogen-bond donors (Lipinski definition) is 2. The van der Waals surface area contributed by atoms with Crippen molar-refractivity contribution in [3.63, 3.8) is 0 Å². The Hall–Kier alpha value is -2.81. The summed E-state index contributed by atoms with van der Waals surface area (Å²) in [5.74, 6) is -0.788. The average molecular weight is 458 g/mol. The highest BCUT2D eigenvalue weighted by atomic mass is 32.2. The van der Waals surface area contributed by atoms with E-state index in [1.54, 1.807) is 18.3 Å². The molecule has 170 valence electrons. The van der Waals surface area contributed by atoms with Crippen LogP contribution in [0, 0.1) is 0 Å². The summed E-state index contributed by atoms with van der Waals surface area (Å²) in [6, 6.07) is 15.1. The third-order valence-corrected chi connectivity index (χ3v) is 8.11. The van der Waals surface area contributed by atoms with Crippen molar-refractivity contribution in [3.8, 4) is 11.1 Å². The number of Topliss-reactive ketones (excluding diaryl/α,β-unsaturated/α-hetero) is 1. The van der Waals surface area contributed by atoms with Crippen LogP contribution in [0.4, 0.5) is 0 Å². The highest BCUT2D eigenvalue weighted by Gasteiger charge is 2.42. The summed E-state index contributed by atoms with van der Waals surface area (Å²) in [6.45, 7) is 0.530. The molecule has 1 atom stereocenters. The number of carbonyl (C=O) groups is 1. The number of nitrogens with zero attached hydrogens (tertiary/aromatic N) is 1. The van der Waals surface area contributed by atoms with Gasteiger partial charge in [-0.05, 0) is 60.0 Å². The van der Waals surface area contributed by atoms with E-state index in [1.807, 2.05) is 36.4 Å². The zero-order valence-electron chi connectivity index (χ0n) is 18.1. The standard InChI is InChI=1S/C24H27NO6S/c1-24(22(28)16-27,32(2,30)31)11-13-25-12-9-20-15-19(7-8-21(20)23(25)29)18-5-3-17(4-6-18)10-14-26/h3-9,12,15,26-27H,10-11,13-14,16H2,1-2H3/t24-/m1/s1. The van der Waals surface area contributed by atoms with E-state index in [2.05, 4.69) is 0 Å². The molecule has 1 aromatic heterocycles. The highest BCUT2D eigenvalue weighted by molar-refractivity contribution is 7.92. The van der Waals surface area contributed by atoms with Crippen molar-refractivity contribution in [3.05, 3.63) is 70.6 Å². The molecule has 0 saturated heterocycles. The third kappa shape index (κ3) is 4.67. The van der Waals surface area contributed by atoms with Gasteiger partial charge in [-0.1, -0.05) is 30.3 Å². The number of aliphatic hydroxyl groups is 2. The van der Waals surface area contributed by atoms with Gasteiger partial charge < -0.3 is 14.8 Å². The molecule has 2 aromatic carbocycles. The zero-order chi connectivity index (χ0) is 23.5. The Balaban J connectivity index is 1.90. The van der Waals surface area contributed by atoms with Gasteiger partial charge in [0, 0.05) is 31.0 Å². The van der Waals surface area contributed by atoms with E-state index >= 15 is 0 Å². The second kappa shape index (κ2) is 9.36. The molecule has 0 amide bonds. The first-order valence-corrected chi connectivity index (χ1v) is 12.2. The normalized spacial score (nSPS) is 13.8. The molecule has 0 bridgehead atoms. The van der Waals surface area contributed by atoms with Crippen LogP contribution in [0.2, 0.25) is 0 Å².